The monoisotopic (exact) mass is 304 g/mol. The van der Waals surface area contributed by atoms with Crippen molar-refractivity contribution in [3.63, 3.8) is 0 Å². The van der Waals surface area contributed by atoms with Crippen LogP contribution in [0.4, 0.5) is 4.39 Å². The van der Waals surface area contributed by atoms with Gasteiger partial charge in [0.2, 0.25) is 11.8 Å². The van der Waals surface area contributed by atoms with Gasteiger partial charge >= 0.3 is 0 Å². The summed E-state index contributed by atoms with van der Waals surface area (Å²) in [4.78, 5) is 25.8. The zero-order valence-electron chi connectivity index (χ0n) is 12.6. The van der Waals surface area contributed by atoms with Crippen molar-refractivity contribution < 1.29 is 14.0 Å². The zero-order valence-corrected chi connectivity index (χ0v) is 12.6. The first-order chi connectivity index (χ1) is 10.6. The molecule has 1 N–H and O–H groups in total. The minimum Gasteiger partial charge on any atom is -0.355 e. The van der Waals surface area contributed by atoms with Crippen LogP contribution >= 0.6 is 0 Å². The molecule has 2 amide bonds. The molecule has 0 radical (unpaired) electrons. The predicted molar refractivity (Wildman–Crippen MR) is 80.7 cm³/mol. The fourth-order valence-corrected chi connectivity index (χ4v) is 3.11. The Kier molecular flexibility index (Phi) is 4.41. The number of nitrogens with zero attached hydrogens (tertiary/aromatic N) is 1. The first-order valence-electron chi connectivity index (χ1n) is 7.96. The average molecular weight is 304 g/mol. The van der Waals surface area contributed by atoms with E-state index in [4.69, 9.17) is 0 Å². The van der Waals surface area contributed by atoms with E-state index in [0.717, 1.165) is 37.9 Å². The van der Waals surface area contributed by atoms with Crippen LogP contribution in [-0.2, 0) is 9.59 Å². The van der Waals surface area contributed by atoms with Crippen LogP contribution in [0, 0.1) is 11.7 Å². The van der Waals surface area contributed by atoms with Gasteiger partial charge in [0.05, 0.1) is 0 Å². The van der Waals surface area contributed by atoms with E-state index in [-0.39, 0.29) is 29.5 Å². The highest BCUT2D eigenvalue weighted by molar-refractivity contribution is 5.83. The molecule has 5 heteroatoms. The molecule has 0 spiro atoms. The van der Waals surface area contributed by atoms with Crippen LogP contribution in [-0.4, -0.2) is 36.3 Å². The maximum absolute atomic E-state index is 12.9. The molecule has 1 aliphatic heterocycles. The van der Waals surface area contributed by atoms with E-state index in [9.17, 15) is 14.0 Å². The molecule has 2 fully saturated rings. The number of rotatable bonds is 5. The molecule has 4 nitrogen and oxygen atoms in total. The average Bonchev–Trinajstić information content (AvgIpc) is 3.12. The Morgan fingerprint density at radius 2 is 1.86 bits per heavy atom. The van der Waals surface area contributed by atoms with Crippen LogP contribution in [0.2, 0.25) is 0 Å². The Bertz CT molecular complexity index is 552. The summed E-state index contributed by atoms with van der Waals surface area (Å²) in [5.74, 6) is 0.0280. The topological polar surface area (TPSA) is 49.4 Å². The number of hydrogen-bond acceptors (Lipinski definition) is 2. The molecule has 2 unspecified atom stereocenters. The summed E-state index contributed by atoms with van der Waals surface area (Å²) in [6, 6.07) is 6.34. The van der Waals surface area contributed by atoms with Gasteiger partial charge in [-0.1, -0.05) is 12.1 Å². The largest absolute Gasteiger partial charge is 0.355 e. The fraction of sp³-hybridized carbons (Fsp3) is 0.529. The lowest BCUT2D eigenvalue weighted by Gasteiger charge is -2.15. The standard InChI is InChI=1S/C17H21FN2O2/c18-13-5-3-12(4-6-13)14-11-15(14)17(22)19-8-7-16(21)20-9-1-2-10-20/h3-6,14-15H,1-2,7-11H2,(H,19,22). The molecule has 0 bridgehead atoms. The molecule has 1 aromatic rings. The number of hydrogen-bond donors (Lipinski definition) is 1. The Balaban J connectivity index is 1.40. The van der Waals surface area contributed by atoms with Crippen LogP contribution in [0.15, 0.2) is 24.3 Å². The van der Waals surface area contributed by atoms with Crippen molar-refractivity contribution in [2.75, 3.05) is 19.6 Å². The van der Waals surface area contributed by atoms with E-state index in [2.05, 4.69) is 5.32 Å². The third-order valence-corrected chi connectivity index (χ3v) is 4.52. The SMILES string of the molecule is O=C(NCCC(=O)N1CCCC1)C1CC1c1ccc(F)cc1. The highest BCUT2D eigenvalue weighted by atomic mass is 19.1. The Hall–Kier alpha value is -1.91. The molecule has 0 aromatic heterocycles. The first-order valence-corrected chi connectivity index (χ1v) is 7.96. The second kappa shape index (κ2) is 6.46. The van der Waals surface area contributed by atoms with Gasteiger partial charge in [0.15, 0.2) is 0 Å². The van der Waals surface area contributed by atoms with Crippen LogP contribution < -0.4 is 5.32 Å². The quantitative estimate of drug-likeness (QED) is 0.905. The second-order valence-corrected chi connectivity index (χ2v) is 6.13. The van der Waals surface area contributed by atoms with E-state index >= 15 is 0 Å². The van der Waals surface area contributed by atoms with Crippen molar-refractivity contribution in [2.45, 2.75) is 31.6 Å². The molecule has 2 atom stereocenters. The maximum Gasteiger partial charge on any atom is 0.224 e. The van der Waals surface area contributed by atoms with Crippen molar-refractivity contribution in [3.8, 4) is 0 Å². The fourth-order valence-electron chi connectivity index (χ4n) is 3.11. The first kappa shape index (κ1) is 15.0. The summed E-state index contributed by atoms with van der Waals surface area (Å²) in [5.41, 5.74) is 1.01. The summed E-state index contributed by atoms with van der Waals surface area (Å²) in [6.45, 7) is 2.10. The summed E-state index contributed by atoms with van der Waals surface area (Å²) >= 11 is 0. The Morgan fingerprint density at radius 3 is 2.55 bits per heavy atom. The number of amides is 2. The minimum atomic E-state index is -0.258. The molecular weight excluding hydrogens is 283 g/mol. The van der Waals surface area contributed by atoms with Gasteiger partial charge in [-0.15, -0.1) is 0 Å². The molecular formula is C17H21FN2O2. The normalized spacial score (nSPS) is 23.4. The highest BCUT2D eigenvalue weighted by Crippen LogP contribution is 2.47. The van der Waals surface area contributed by atoms with Gasteiger partial charge in [0.1, 0.15) is 5.82 Å². The van der Waals surface area contributed by atoms with Gasteiger partial charge in [-0.05, 0) is 42.9 Å². The number of likely N-dealkylation sites (tertiary alicyclic amines) is 1. The summed E-state index contributed by atoms with van der Waals surface area (Å²) in [5, 5.41) is 2.85. The van der Waals surface area contributed by atoms with Gasteiger partial charge in [-0.25, -0.2) is 4.39 Å². The zero-order chi connectivity index (χ0) is 15.5. The predicted octanol–water partition coefficient (Wildman–Crippen LogP) is 2.06. The van der Waals surface area contributed by atoms with Gasteiger partial charge < -0.3 is 10.2 Å². The molecule has 1 saturated heterocycles. The van der Waals surface area contributed by atoms with Crippen molar-refractivity contribution in [1.82, 2.24) is 10.2 Å². The minimum absolute atomic E-state index is 0.00328. The van der Waals surface area contributed by atoms with E-state index in [0.29, 0.717) is 13.0 Å². The molecule has 1 aliphatic carbocycles. The molecule has 1 saturated carbocycles. The lowest BCUT2D eigenvalue weighted by molar-refractivity contribution is -0.130. The van der Waals surface area contributed by atoms with E-state index < -0.39 is 0 Å². The van der Waals surface area contributed by atoms with Crippen molar-refractivity contribution in [2.24, 2.45) is 5.92 Å². The molecule has 3 rings (SSSR count). The smallest absolute Gasteiger partial charge is 0.224 e. The van der Waals surface area contributed by atoms with Gasteiger partial charge in [-0.3, -0.25) is 9.59 Å². The molecule has 1 aromatic carbocycles. The van der Waals surface area contributed by atoms with Crippen LogP contribution in [0.25, 0.3) is 0 Å². The van der Waals surface area contributed by atoms with E-state index in [1.165, 1.54) is 12.1 Å². The number of halogens is 1. The highest BCUT2D eigenvalue weighted by Gasteiger charge is 2.43. The third kappa shape index (κ3) is 3.46. The Morgan fingerprint density at radius 1 is 1.18 bits per heavy atom. The maximum atomic E-state index is 12.9. The number of benzene rings is 1. The van der Waals surface area contributed by atoms with E-state index in [1.54, 1.807) is 12.1 Å². The molecule has 118 valence electrons. The summed E-state index contributed by atoms with van der Waals surface area (Å²) in [6.07, 6.45) is 3.34. The third-order valence-electron chi connectivity index (χ3n) is 4.52. The lowest BCUT2D eigenvalue weighted by Crippen LogP contribution is -2.33. The van der Waals surface area contributed by atoms with Crippen molar-refractivity contribution in [1.29, 1.82) is 0 Å². The lowest BCUT2D eigenvalue weighted by atomic mass is 10.1. The van der Waals surface area contributed by atoms with Crippen LogP contribution in [0.1, 0.15) is 37.2 Å². The summed E-state index contributed by atoms with van der Waals surface area (Å²) < 4.78 is 12.9. The van der Waals surface area contributed by atoms with Gasteiger partial charge in [0, 0.05) is 32.0 Å². The summed E-state index contributed by atoms with van der Waals surface area (Å²) in [7, 11) is 0. The van der Waals surface area contributed by atoms with Gasteiger partial charge in [0.25, 0.3) is 0 Å². The number of carbonyl (C=O) groups is 2. The molecule has 2 aliphatic rings. The second-order valence-electron chi connectivity index (χ2n) is 6.13. The number of nitrogens with one attached hydrogen (secondary N) is 1. The van der Waals surface area contributed by atoms with Crippen LogP contribution in [0.3, 0.4) is 0 Å². The van der Waals surface area contributed by atoms with Gasteiger partial charge in [-0.2, -0.15) is 0 Å². The van der Waals surface area contributed by atoms with Crippen molar-refractivity contribution in [3.05, 3.63) is 35.6 Å². The molecule has 1 heterocycles. The van der Waals surface area contributed by atoms with Crippen LogP contribution in [0.5, 0.6) is 0 Å². The Labute approximate surface area is 129 Å². The van der Waals surface area contributed by atoms with Crippen molar-refractivity contribution >= 4 is 11.8 Å². The van der Waals surface area contributed by atoms with E-state index in [1.807, 2.05) is 4.90 Å². The molecule has 22 heavy (non-hydrogen) atoms. The number of carbonyl (C=O) groups excluding carboxylic acids is 2.